The van der Waals surface area contributed by atoms with Crippen LogP contribution in [-0.4, -0.2) is 31.3 Å². The normalized spacial score (nSPS) is 10.5. The molecule has 0 aromatic heterocycles. The van der Waals surface area contributed by atoms with Crippen LogP contribution in [-0.2, 0) is 6.54 Å². The van der Waals surface area contributed by atoms with E-state index in [4.69, 9.17) is 26.4 Å². The number of benzene rings is 2. The second-order valence-corrected chi connectivity index (χ2v) is 8.55. The Labute approximate surface area is 197 Å². The van der Waals surface area contributed by atoms with E-state index >= 15 is 0 Å². The Morgan fingerprint density at radius 2 is 1.84 bits per heavy atom. The Morgan fingerprint density at radius 1 is 1.10 bits per heavy atom. The quantitative estimate of drug-likeness (QED) is 0.435. The number of rotatable bonds is 10. The predicted molar refractivity (Wildman–Crippen MR) is 130 cm³/mol. The number of hydrogen-bond acceptors (Lipinski definition) is 5. The van der Waals surface area contributed by atoms with E-state index in [0.29, 0.717) is 48.5 Å². The summed E-state index contributed by atoms with van der Waals surface area (Å²) < 4.78 is 17.6. The molecule has 0 saturated carbocycles. The van der Waals surface area contributed by atoms with Crippen molar-refractivity contribution in [1.82, 2.24) is 10.6 Å². The Hall–Kier alpha value is -2.32. The van der Waals surface area contributed by atoms with Gasteiger partial charge in [0.15, 0.2) is 16.6 Å². The van der Waals surface area contributed by atoms with Crippen LogP contribution in [0.25, 0.3) is 0 Å². The van der Waals surface area contributed by atoms with Gasteiger partial charge in [-0.1, -0.05) is 35.8 Å². The van der Waals surface area contributed by atoms with Gasteiger partial charge >= 0.3 is 0 Å². The highest BCUT2D eigenvalue weighted by atomic mass is 79.9. The molecule has 0 aliphatic heterocycles. The number of carbonyl (C=O) groups is 1. The summed E-state index contributed by atoms with van der Waals surface area (Å²) in [7, 11) is 1.61. The molecule has 168 valence electrons. The molecule has 2 N–H and O–H groups in total. The molecule has 2 rings (SSSR count). The number of halogens is 1. The van der Waals surface area contributed by atoms with Crippen LogP contribution in [0, 0.1) is 5.92 Å². The van der Waals surface area contributed by atoms with E-state index in [1.54, 1.807) is 19.2 Å². The molecule has 0 aliphatic carbocycles. The van der Waals surface area contributed by atoms with Crippen molar-refractivity contribution >= 4 is 39.2 Å². The molecular weight excluding hydrogens is 480 g/mol. The predicted octanol–water partition coefficient (Wildman–Crippen LogP) is 5.09. The monoisotopic (exact) mass is 508 g/mol. The summed E-state index contributed by atoms with van der Waals surface area (Å²) in [6, 6.07) is 11.0. The number of nitrogens with one attached hydrogen (secondary N) is 2. The molecule has 0 fully saturated rings. The fraction of sp³-hybridized carbons (Fsp3) is 0.391. The summed E-state index contributed by atoms with van der Waals surface area (Å²) in [5, 5.41) is 5.97. The van der Waals surface area contributed by atoms with Crippen molar-refractivity contribution in [2.45, 2.75) is 33.7 Å². The lowest BCUT2D eigenvalue weighted by molar-refractivity contribution is 0.0973. The number of amides is 1. The fourth-order valence-electron chi connectivity index (χ4n) is 2.70. The molecule has 0 spiro atoms. The van der Waals surface area contributed by atoms with Gasteiger partial charge in [-0.15, -0.1) is 0 Å². The topological polar surface area (TPSA) is 68.8 Å². The van der Waals surface area contributed by atoms with Crippen LogP contribution in [0.3, 0.4) is 0 Å². The van der Waals surface area contributed by atoms with Crippen LogP contribution in [0.4, 0.5) is 0 Å². The minimum absolute atomic E-state index is 0.226. The minimum Gasteiger partial charge on any atom is -0.493 e. The van der Waals surface area contributed by atoms with E-state index in [0.717, 1.165) is 16.5 Å². The third-order valence-corrected chi connectivity index (χ3v) is 5.09. The van der Waals surface area contributed by atoms with Crippen molar-refractivity contribution in [1.29, 1.82) is 0 Å². The van der Waals surface area contributed by atoms with Gasteiger partial charge in [-0.05, 0) is 67.4 Å². The molecule has 0 saturated heterocycles. The van der Waals surface area contributed by atoms with Gasteiger partial charge in [0.05, 0.1) is 25.9 Å². The highest BCUT2D eigenvalue weighted by molar-refractivity contribution is 9.10. The van der Waals surface area contributed by atoms with Crippen LogP contribution >= 0.6 is 28.1 Å². The Bertz CT molecular complexity index is 905. The third-order valence-electron chi connectivity index (χ3n) is 4.35. The van der Waals surface area contributed by atoms with Crippen LogP contribution in [0.15, 0.2) is 40.9 Å². The maximum Gasteiger partial charge on any atom is 0.261 e. The van der Waals surface area contributed by atoms with Crippen molar-refractivity contribution in [2.75, 3.05) is 20.3 Å². The number of ether oxygens (including phenoxy) is 3. The Kier molecular flexibility index (Phi) is 10.1. The number of carbonyl (C=O) groups excluding carboxylic acids is 1. The van der Waals surface area contributed by atoms with Gasteiger partial charge in [0.2, 0.25) is 0 Å². The van der Waals surface area contributed by atoms with E-state index in [1.807, 2.05) is 31.2 Å². The summed E-state index contributed by atoms with van der Waals surface area (Å²) in [6.07, 6.45) is 0.976. The molecule has 31 heavy (non-hydrogen) atoms. The molecule has 1 amide bonds. The average molecular weight is 509 g/mol. The second kappa shape index (κ2) is 12.5. The Balaban J connectivity index is 1.95. The second-order valence-electron chi connectivity index (χ2n) is 7.23. The van der Waals surface area contributed by atoms with Gasteiger partial charge in [-0.3, -0.25) is 10.1 Å². The number of hydrogen-bond donors (Lipinski definition) is 2. The van der Waals surface area contributed by atoms with Crippen molar-refractivity contribution in [3.05, 3.63) is 52.0 Å². The lowest BCUT2D eigenvalue weighted by atomic mass is 10.1. The molecule has 8 heteroatoms. The maximum atomic E-state index is 12.6. The van der Waals surface area contributed by atoms with Crippen molar-refractivity contribution in [3.63, 3.8) is 0 Å². The van der Waals surface area contributed by atoms with E-state index in [1.165, 1.54) is 0 Å². The van der Waals surface area contributed by atoms with Crippen LogP contribution < -0.4 is 24.8 Å². The molecule has 2 aromatic rings. The Morgan fingerprint density at radius 3 is 2.52 bits per heavy atom. The minimum atomic E-state index is -0.339. The van der Waals surface area contributed by atoms with E-state index in [9.17, 15) is 4.79 Å². The summed E-state index contributed by atoms with van der Waals surface area (Å²) >= 11 is 8.67. The zero-order valence-electron chi connectivity index (χ0n) is 18.3. The first-order valence-electron chi connectivity index (χ1n) is 10.1. The van der Waals surface area contributed by atoms with Crippen LogP contribution in [0.2, 0.25) is 0 Å². The van der Waals surface area contributed by atoms with Gasteiger partial charge in [0, 0.05) is 11.0 Å². The molecular formula is C23H29BrN2O4S. The molecule has 0 aliphatic rings. The van der Waals surface area contributed by atoms with Crippen LogP contribution in [0.5, 0.6) is 17.2 Å². The van der Waals surface area contributed by atoms with Crippen molar-refractivity contribution in [3.8, 4) is 17.2 Å². The number of thiocarbonyl (C=S) groups is 1. The first-order valence-corrected chi connectivity index (χ1v) is 11.3. The zero-order chi connectivity index (χ0) is 22.8. The number of methoxy groups -OCH3 is 1. The molecule has 2 aromatic carbocycles. The van der Waals surface area contributed by atoms with E-state index < -0.39 is 0 Å². The third kappa shape index (κ3) is 8.03. The zero-order valence-corrected chi connectivity index (χ0v) is 20.7. The van der Waals surface area contributed by atoms with E-state index in [2.05, 4.69) is 40.4 Å². The molecule has 6 nitrogen and oxygen atoms in total. The van der Waals surface area contributed by atoms with Gasteiger partial charge < -0.3 is 19.5 Å². The van der Waals surface area contributed by atoms with E-state index in [-0.39, 0.29) is 11.0 Å². The van der Waals surface area contributed by atoms with Gasteiger partial charge in [-0.25, -0.2) is 0 Å². The highest BCUT2D eigenvalue weighted by Gasteiger charge is 2.15. The lowest BCUT2D eigenvalue weighted by Crippen LogP contribution is -2.39. The van der Waals surface area contributed by atoms with Gasteiger partial charge in [0.25, 0.3) is 5.91 Å². The summed E-state index contributed by atoms with van der Waals surface area (Å²) in [4.78, 5) is 12.6. The van der Waals surface area contributed by atoms with Gasteiger partial charge in [0.1, 0.15) is 5.75 Å². The molecule has 0 unspecified atom stereocenters. The molecule has 0 atom stereocenters. The van der Waals surface area contributed by atoms with Crippen LogP contribution in [0.1, 0.15) is 43.1 Å². The summed E-state index contributed by atoms with van der Waals surface area (Å²) in [5.41, 5.74) is 1.35. The smallest absolute Gasteiger partial charge is 0.261 e. The summed E-state index contributed by atoms with van der Waals surface area (Å²) in [5.74, 6) is 2.11. The SMILES string of the molecule is CCOc1ccc(Br)cc1C(=O)NC(=S)NCc1ccc(OCCC(C)C)c(OC)c1. The highest BCUT2D eigenvalue weighted by Crippen LogP contribution is 2.28. The average Bonchev–Trinajstić information content (AvgIpc) is 2.73. The first-order chi connectivity index (χ1) is 14.8. The largest absolute Gasteiger partial charge is 0.493 e. The van der Waals surface area contributed by atoms with Gasteiger partial charge in [-0.2, -0.15) is 0 Å². The van der Waals surface area contributed by atoms with Crippen molar-refractivity contribution < 1.29 is 19.0 Å². The molecule has 0 radical (unpaired) electrons. The first kappa shape index (κ1) is 24.9. The standard InChI is InChI=1S/C23H29BrN2O4S/c1-5-29-19-9-7-17(24)13-18(19)22(27)26-23(31)25-14-16-6-8-20(21(12-16)28-4)30-11-10-15(2)3/h6-9,12-13,15H,5,10-11,14H2,1-4H3,(H2,25,26,27,31). The maximum absolute atomic E-state index is 12.6. The van der Waals surface area contributed by atoms with Crippen molar-refractivity contribution in [2.24, 2.45) is 5.92 Å². The molecule has 0 bridgehead atoms. The summed E-state index contributed by atoms with van der Waals surface area (Å²) in [6.45, 7) is 7.71. The fourth-order valence-corrected chi connectivity index (χ4v) is 3.23. The molecule has 0 heterocycles. The lowest BCUT2D eigenvalue weighted by Gasteiger charge is -2.15.